The molecule has 0 spiro atoms. The maximum absolute atomic E-state index is 12.7. The van der Waals surface area contributed by atoms with Gasteiger partial charge in [0.05, 0.1) is 11.4 Å². The van der Waals surface area contributed by atoms with Gasteiger partial charge in [0, 0.05) is 19.5 Å². The summed E-state index contributed by atoms with van der Waals surface area (Å²) in [6, 6.07) is 8.18. The third-order valence-electron chi connectivity index (χ3n) is 4.56. The number of amides is 1. The molecular weight excluding hydrogens is 248 g/mol. The highest BCUT2D eigenvalue weighted by atomic mass is 16.2. The maximum atomic E-state index is 12.7. The van der Waals surface area contributed by atoms with Gasteiger partial charge >= 0.3 is 0 Å². The molecule has 1 N–H and O–H groups in total. The van der Waals surface area contributed by atoms with Crippen molar-refractivity contribution in [1.29, 1.82) is 0 Å². The van der Waals surface area contributed by atoms with Crippen LogP contribution in [-0.4, -0.2) is 19.0 Å². The summed E-state index contributed by atoms with van der Waals surface area (Å²) in [6.07, 6.45) is 8.17. The van der Waals surface area contributed by atoms with Gasteiger partial charge in [-0.2, -0.15) is 0 Å². The Hall–Kier alpha value is -1.51. The summed E-state index contributed by atoms with van der Waals surface area (Å²) in [5, 5.41) is 3.42. The fourth-order valence-electron chi connectivity index (χ4n) is 3.45. The van der Waals surface area contributed by atoms with E-state index >= 15 is 0 Å². The predicted molar refractivity (Wildman–Crippen MR) is 83.1 cm³/mol. The van der Waals surface area contributed by atoms with E-state index in [4.69, 9.17) is 0 Å². The first-order valence-corrected chi connectivity index (χ1v) is 7.98. The summed E-state index contributed by atoms with van der Waals surface area (Å²) in [5.74, 6) is 0.924. The van der Waals surface area contributed by atoms with Crippen molar-refractivity contribution in [2.24, 2.45) is 5.92 Å². The van der Waals surface area contributed by atoms with Crippen molar-refractivity contribution < 1.29 is 4.79 Å². The minimum atomic E-state index is 0.313. The Morgan fingerprint density at radius 3 is 2.80 bits per heavy atom. The molecule has 1 aliphatic heterocycles. The molecule has 3 nitrogen and oxygen atoms in total. The van der Waals surface area contributed by atoms with Crippen LogP contribution in [0, 0.1) is 5.92 Å². The summed E-state index contributed by atoms with van der Waals surface area (Å²) in [7, 11) is 0. The highest BCUT2D eigenvalue weighted by Gasteiger charge is 2.24. The third kappa shape index (κ3) is 2.97. The lowest BCUT2D eigenvalue weighted by molar-refractivity contribution is -0.119. The van der Waals surface area contributed by atoms with Gasteiger partial charge in [-0.1, -0.05) is 31.4 Å². The van der Waals surface area contributed by atoms with Gasteiger partial charge in [-0.3, -0.25) is 4.79 Å². The van der Waals surface area contributed by atoms with Gasteiger partial charge in [-0.05, 0) is 37.3 Å². The van der Waals surface area contributed by atoms with E-state index in [1.807, 2.05) is 17.0 Å². The molecule has 20 heavy (non-hydrogen) atoms. The predicted octanol–water partition coefficient (Wildman–Crippen LogP) is 3.81. The molecule has 1 aliphatic carbocycles. The van der Waals surface area contributed by atoms with Crippen LogP contribution in [0.4, 0.5) is 11.4 Å². The van der Waals surface area contributed by atoms with E-state index < -0.39 is 0 Å². The molecule has 0 unspecified atom stereocenters. The Labute approximate surface area is 121 Å². The molecule has 1 saturated carbocycles. The quantitative estimate of drug-likeness (QED) is 0.888. The minimum Gasteiger partial charge on any atom is -0.383 e. The Morgan fingerprint density at radius 2 is 1.95 bits per heavy atom. The van der Waals surface area contributed by atoms with Crippen molar-refractivity contribution in [1.82, 2.24) is 0 Å². The van der Waals surface area contributed by atoms with Crippen LogP contribution < -0.4 is 10.2 Å². The summed E-state index contributed by atoms with van der Waals surface area (Å²) in [6.45, 7) is 1.79. The number of nitrogens with one attached hydrogen (secondary N) is 1. The zero-order valence-corrected chi connectivity index (χ0v) is 12.1. The lowest BCUT2D eigenvalue weighted by atomic mass is 9.86. The van der Waals surface area contributed by atoms with Crippen LogP contribution in [0.15, 0.2) is 24.3 Å². The Kier molecular flexibility index (Phi) is 4.24. The highest BCUT2D eigenvalue weighted by molar-refractivity contribution is 5.97. The van der Waals surface area contributed by atoms with Crippen molar-refractivity contribution in [3.8, 4) is 0 Å². The van der Waals surface area contributed by atoms with Gasteiger partial charge in [-0.25, -0.2) is 0 Å². The molecule has 0 atom stereocenters. The topological polar surface area (TPSA) is 32.3 Å². The van der Waals surface area contributed by atoms with Crippen molar-refractivity contribution in [2.45, 2.75) is 44.9 Å². The standard InChI is InChI=1S/C17H24N2O/c20-17(13-14-7-2-1-3-8-14)19-12-6-11-18-15-9-4-5-10-16(15)19/h4-5,9-10,14,18H,1-3,6-8,11-13H2. The van der Waals surface area contributed by atoms with Crippen molar-refractivity contribution in [2.75, 3.05) is 23.3 Å². The summed E-state index contributed by atoms with van der Waals surface area (Å²) < 4.78 is 0. The molecule has 0 bridgehead atoms. The number of hydrogen-bond donors (Lipinski definition) is 1. The zero-order valence-electron chi connectivity index (χ0n) is 12.1. The van der Waals surface area contributed by atoms with Gasteiger partial charge in [0.2, 0.25) is 5.91 Å². The molecule has 0 saturated heterocycles. The first-order valence-electron chi connectivity index (χ1n) is 7.98. The number of carbonyl (C=O) groups is 1. The third-order valence-corrected chi connectivity index (χ3v) is 4.56. The lowest BCUT2D eigenvalue weighted by Gasteiger charge is -2.26. The SMILES string of the molecule is O=C(CC1CCCCC1)N1CCCNc2ccccc21. The van der Waals surface area contributed by atoms with Crippen LogP contribution in [0.25, 0.3) is 0 Å². The monoisotopic (exact) mass is 272 g/mol. The molecule has 0 aromatic heterocycles. The minimum absolute atomic E-state index is 0.313. The number of benzene rings is 1. The molecule has 1 heterocycles. The Morgan fingerprint density at radius 1 is 1.15 bits per heavy atom. The molecule has 1 amide bonds. The smallest absolute Gasteiger partial charge is 0.227 e. The summed E-state index contributed by atoms with van der Waals surface area (Å²) in [4.78, 5) is 14.7. The molecule has 1 aromatic rings. The van der Waals surface area contributed by atoms with E-state index in [0.717, 1.165) is 37.3 Å². The second-order valence-electron chi connectivity index (χ2n) is 6.05. The second-order valence-corrected chi connectivity index (χ2v) is 6.05. The van der Waals surface area contributed by atoms with E-state index in [1.165, 1.54) is 32.1 Å². The van der Waals surface area contributed by atoms with Crippen LogP contribution in [-0.2, 0) is 4.79 Å². The molecular formula is C17H24N2O. The van der Waals surface area contributed by atoms with Gasteiger partial charge < -0.3 is 10.2 Å². The molecule has 108 valence electrons. The number of nitrogens with zero attached hydrogens (tertiary/aromatic N) is 1. The highest BCUT2D eigenvalue weighted by Crippen LogP contribution is 2.31. The first-order chi connectivity index (χ1) is 9.84. The van der Waals surface area contributed by atoms with Gasteiger partial charge in [0.1, 0.15) is 0 Å². The molecule has 1 aromatic carbocycles. The van der Waals surface area contributed by atoms with Gasteiger partial charge in [0.15, 0.2) is 0 Å². The van der Waals surface area contributed by atoms with E-state index in [9.17, 15) is 4.79 Å². The lowest BCUT2D eigenvalue weighted by Crippen LogP contribution is -2.33. The Balaban J connectivity index is 1.73. The summed E-state index contributed by atoms with van der Waals surface area (Å²) >= 11 is 0. The fraction of sp³-hybridized carbons (Fsp3) is 0.588. The second kappa shape index (κ2) is 6.29. The molecule has 3 heteroatoms. The zero-order chi connectivity index (χ0) is 13.8. The Bertz CT molecular complexity index is 466. The number of para-hydroxylation sites is 2. The van der Waals surface area contributed by atoms with Crippen molar-refractivity contribution in [3.05, 3.63) is 24.3 Å². The van der Waals surface area contributed by atoms with Crippen LogP contribution in [0.2, 0.25) is 0 Å². The number of carbonyl (C=O) groups excluding carboxylic acids is 1. The van der Waals surface area contributed by atoms with Crippen molar-refractivity contribution >= 4 is 17.3 Å². The van der Waals surface area contributed by atoms with Gasteiger partial charge in [0.25, 0.3) is 0 Å². The normalized spacial score (nSPS) is 19.9. The van der Waals surface area contributed by atoms with Crippen LogP contribution in [0.3, 0.4) is 0 Å². The van der Waals surface area contributed by atoms with Crippen LogP contribution >= 0.6 is 0 Å². The number of rotatable bonds is 2. The van der Waals surface area contributed by atoms with E-state index in [2.05, 4.69) is 17.4 Å². The molecule has 2 aliphatic rings. The average molecular weight is 272 g/mol. The maximum Gasteiger partial charge on any atom is 0.227 e. The fourth-order valence-corrected chi connectivity index (χ4v) is 3.45. The molecule has 1 fully saturated rings. The van der Waals surface area contributed by atoms with E-state index in [1.54, 1.807) is 0 Å². The number of fused-ring (bicyclic) bond motifs is 1. The summed E-state index contributed by atoms with van der Waals surface area (Å²) in [5.41, 5.74) is 2.16. The van der Waals surface area contributed by atoms with Gasteiger partial charge in [-0.15, -0.1) is 0 Å². The van der Waals surface area contributed by atoms with Crippen molar-refractivity contribution in [3.63, 3.8) is 0 Å². The first kappa shape index (κ1) is 13.5. The largest absolute Gasteiger partial charge is 0.383 e. The molecule has 0 radical (unpaired) electrons. The van der Waals surface area contributed by atoms with Crippen LogP contribution in [0.5, 0.6) is 0 Å². The number of hydrogen-bond acceptors (Lipinski definition) is 2. The average Bonchev–Trinajstić information content (AvgIpc) is 2.70. The van der Waals surface area contributed by atoms with E-state index in [-0.39, 0.29) is 0 Å². The number of anilines is 2. The van der Waals surface area contributed by atoms with Crippen LogP contribution in [0.1, 0.15) is 44.9 Å². The van der Waals surface area contributed by atoms with E-state index in [0.29, 0.717) is 11.8 Å². The molecule has 3 rings (SSSR count).